The first-order valence-electron chi connectivity index (χ1n) is 5.96. The number of aromatic nitrogens is 1. The maximum Gasteiger partial charge on any atom is 0.225 e. The Hall–Kier alpha value is -1.87. The van der Waals surface area contributed by atoms with Crippen molar-refractivity contribution >= 4 is 0 Å². The van der Waals surface area contributed by atoms with E-state index in [0.29, 0.717) is 11.4 Å². The van der Waals surface area contributed by atoms with Gasteiger partial charge in [-0.2, -0.15) is 0 Å². The van der Waals surface area contributed by atoms with Gasteiger partial charge in [0.15, 0.2) is 0 Å². The minimum Gasteiger partial charge on any atom is -0.438 e. The molecule has 0 aliphatic carbocycles. The van der Waals surface area contributed by atoms with E-state index in [0.717, 1.165) is 11.3 Å². The van der Waals surface area contributed by atoms with Crippen LogP contribution < -0.4 is 4.74 Å². The van der Waals surface area contributed by atoms with Gasteiger partial charge in [-0.1, -0.05) is 17.7 Å². The molecule has 0 bridgehead atoms. The summed E-state index contributed by atoms with van der Waals surface area (Å²) in [6.07, 6.45) is 1.06. The van der Waals surface area contributed by atoms with Gasteiger partial charge in [0.05, 0.1) is 6.10 Å². The highest BCUT2D eigenvalue weighted by atomic mass is 16.5. The predicted octanol–water partition coefficient (Wildman–Crippen LogP) is 3.54. The van der Waals surface area contributed by atoms with E-state index in [4.69, 9.17) is 4.74 Å². The number of pyridine rings is 1. The Kier molecular flexibility index (Phi) is 3.63. The quantitative estimate of drug-likeness (QED) is 0.896. The highest BCUT2D eigenvalue weighted by Gasteiger charge is 2.11. The zero-order chi connectivity index (χ0) is 13.1. The third-order valence-corrected chi connectivity index (χ3v) is 2.79. The van der Waals surface area contributed by atoms with Crippen LogP contribution in [0.15, 0.2) is 36.5 Å². The summed E-state index contributed by atoms with van der Waals surface area (Å²) in [5.74, 6) is 1.22. The highest BCUT2D eigenvalue weighted by Crippen LogP contribution is 2.29. The number of hydrogen-bond donors (Lipinski definition) is 1. The van der Waals surface area contributed by atoms with Crippen LogP contribution in [0, 0.1) is 13.8 Å². The number of hydrogen-bond acceptors (Lipinski definition) is 3. The average Bonchev–Trinajstić information content (AvgIpc) is 2.33. The topological polar surface area (TPSA) is 42.4 Å². The van der Waals surface area contributed by atoms with E-state index in [9.17, 15) is 5.11 Å². The number of aliphatic hydroxyl groups is 1. The number of ether oxygens (including phenoxy) is 1. The van der Waals surface area contributed by atoms with Crippen molar-refractivity contribution in [3.63, 3.8) is 0 Å². The molecular formula is C15H17NO2. The van der Waals surface area contributed by atoms with Crippen LogP contribution in [-0.4, -0.2) is 10.1 Å². The third kappa shape index (κ3) is 2.68. The maximum atomic E-state index is 9.68. The Balaban J connectivity index is 2.34. The van der Waals surface area contributed by atoms with E-state index in [1.807, 2.05) is 32.0 Å². The Labute approximate surface area is 107 Å². The molecular weight excluding hydrogens is 226 g/mol. The van der Waals surface area contributed by atoms with Crippen LogP contribution in [0.25, 0.3) is 0 Å². The van der Waals surface area contributed by atoms with Gasteiger partial charge < -0.3 is 9.84 Å². The lowest BCUT2D eigenvalue weighted by Gasteiger charge is -2.13. The minimum atomic E-state index is -0.598. The second-order valence-corrected chi connectivity index (χ2v) is 4.44. The fourth-order valence-electron chi connectivity index (χ4n) is 1.82. The Morgan fingerprint density at radius 3 is 2.67 bits per heavy atom. The van der Waals surface area contributed by atoms with E-state index < -0.39 is 6.10 Å². The number of aliphatic hydroxyl groups excluding tert-OH is 1. The summed E-state index contributed by atoms with van der Waals surface area (Å²) in [4.78, 5) is 4.18. The number of rotatable bonds is 3. The van der Waals surface area contributed by atoms with Crippen LogP contribution in [0.1, 0.15) is 29.7 Å². The van der Waals surface area contributed by atoms with Crippen molar-refractivity contribution in [2.24, 2.45) is 0 Å². The molecule has 0 amide bonds. The molecule has 0 aliphatic heterocycles. The van der Waals surface area contributed by atoms with Crippen LogP contribution in [0.4, 0.5) is 0 Å². The second-order valence-electron chi connectivity index (χ2n) is 4.44. The van der Waals surface area contributed by atoms with Crippen LogP contribution in [0.3, 0.4) is 0 Å². The van der Waals surface area contributed by atoms with Gasteiger partial charge in [-0.25, -0.2) is 4.98 Å². The molecule has 18 heavy (non-hydrogen) atoms. The normalized spacial score (nSPS) is 12.2. The van der Waals surface area contributed by atoms with Crippen molar-refractivity contribution in [1.82, 2.24) is 4.98 Å². The molecule has 1 heterocycles. The van der Waals surface area contributed by atoms with E-state index in [1.54, 1.807) is 19.2 Å². The van der Waals surface area contributed by atoms with Crippen LogP contribution in [0.5, 0.6) is 11.6 Å². The molecule has 3 nitrogen and oxygen atoms in total. The Bertz CT molecular complexity index is 550. The molecule has 94 valence electrons. The number of aryl methyl sites for hydroxylation is 2. The lowest BCUT2D eigenvalue weighted by molar-refractivity contribution is 0.194. The molecule has 0 spiro atoms. The largest absolute Gasteiger partial charge is 0.438 e. The highest BCUT2D eigenvalue weighted by molar-refractivity contribution is 5.40. The molecule has 0 radical (unpaired) electrons. The molecule has 1 N–H and O–H groups in total. The molecule has 3 heteroatoms. The summed E-state index contributed by atoms with van der Waals surface area (Å²) < 4.78 is 5.79. The maximum absolute atomic E-state index is 9.68. The van der Waals surface area contributed by atoms with Crippen LogP contribution in [-0.2, 0) is 0 Å². The second kappa shape index (κ2) is 5.19. The van der Waals surface area contributed by atoms with Gasteiger partial charge in [-0.3, -0.25) is 0 Å². The van der Waals surface area contributed by atoms with Gasteiger partial charge in [-0.05, 0) is 44.5 Å². The van der Waals surface area contributed by atoms with Gasteiger partial charge in [0.1, 0.15) is 5.75 Å². The van der Waals surface area contributed by atoms with E-state index in [2.05, 4.69) is 11.1 Å². The van der Waals surface area contributed by atoms with Crippen LogP contribution >= 0.6 is 0 Å². The summed E-state index contributed by atoms with van der Waals surface area (Å²) in [7, 11) is 0. The molecule has 2 rings (SSSR count). The molecule has 1 aromatic heterocycles. The minimum absolute atomic E-state index is 0.458. The van der Waals surface area contributed by atoms with Crippen molar-refractivity contribution in [1.29, 1.82) is 0 Å². The molecule has 2 aromatic rings. The molecule has 0 unspecified atom stereocenters. The standard InChI is InChI=1S/C15H17NO2/c1-10-6-7-14(11(2)9-10)18-15-13(12(3)17)5-4-8-16-15/h4-9,12,17H,1-3H3/t12-/m1/s1. The lowest BCUT2D eigenvalue weighted by atomic mass is 10.1. The molecule has 1 atom stereocenters. The predicted molar refractivity (Wildman–Crippen MR) is 70.9 cm³/mol. The molecule has 0 fully saturated rings. The Morgan fingerprint density at radius 1 is 1.22 bits per heavy atom. The molecule has 0 aliphatic rings. The van der Waals surface area contributed by atoms with Crippen molar-refractivity contribution in [3.8, 4) is 11.6 Å². The third-order valence-electron chi connectivity index (χ3n) is 2.79. The summed E-state index contributed by atoms with van der Waals surface area (Å²) in [5, 5.41) is 9.68. The van der Waals surface area contributed by atoms with Gasteiger partial charge in [-0.15, -0.1) is 0 Å². The van der Waals surface area contributed by atoms with Gasteiger partial charge >= 0.3 is 0 Å². The van der Waals surface area contributed by atoms with Gasteiger partial charge in [0.2, 0.25) is 5.88 Å². The Morgan fingerprint density at radius 2 is 2.00 bits per heavy atom. The number of benzene rings is 1. The van der Waals surface area contributed by atoms with Gasteiger partial charge in [0, 0.05) is 11.8 Å². The fraction of sp³-hybridized carbons (Fsp3) is 0.267. The average molecular weight is 243 g/mol. The van der Waals surface area contributed by atoms with E-state index in [1.165, 1.54) is 5.56 Å². The first-order chi connectivity index (χ1) is 8.58. The first-order valence-corrected chi connectivity index (χ1v) is 5.96. The summed E-state index contributed by atoms with van der Waals surface area (Å²) >= 11 is 0. The zero-order valence-electron chi connectivity index (χ0n) is 10.8. The monoisotopic (exact) mass is 243 g/mol. The van der Waals surface area contributed by atoms with Crippen molar-refractivity contribution < 1.29 is 9.84 Å². The summed E-state index contributed by atoms with van der Waals surface area (Å²) in [6.45, 7) is 5.73. The smallest absolute Gasteiger partial charge is 0.225 e. The van der Waals surface area contributed by atoms with E-state index in [-0.39, 0.29) is 0 Å². The first kappa shape index (κ1) is 12.6. The van der Waals surface area contributed by atoms with Gasteiger partial charge in [0.25, 0.3) is 0 Å². The molecule has 0 saturated carbocycles. The molecule has 0 saturated heterocycles. The van der Waals surface area contributed by atoms with Crippen molar-refractivity contribution in [2.75, 3.05) is 0 Å². The number of nitrogens with zero attached hydrogens (tertiary/aromatic N) is 1. The van der Waals surface area contributed by atoms with E-state index >= 15 is 0 Å². The van der Waals surface area contributed by atoms with Crippen LogP contribution in [0.2, 0.25) is 0 Å². The van der Waals surface area contributed by atoms with Crippen molar-refractivity contribution in [2.45, 2.75) is 26.9 Å². The summed E-state index contributed by atoms with van der Waals surface area (Å²) in [6, 6.07) is 9.58. The summed E-state index contributed by atoms with van der Waals surface area (Å²) in [5.41, 5.74) is 2.94. The fourth-order valence-corrected chi connectivity index (χ4v) is 1.82. The zero-order valence-corrected chi connectivity index (χ0v) is 10.8. The van der Waals surface area contributed by atoms with Crippen molar-refractivity contribution in [3.05, 3.63) is 53.2 Å². The lowest BCUT2D eigenvalue weighted by Crippen LogP contribution is -1.99. The molecule has 1 aromatic carbocycles. The SMILES string of the molecule is Cc1ccc(Oc2ncccc2[C@@H](C)O)c(C)c1.